The van der Waals surface area contributed by atoms with Crippen molar-refractivity contribution in [1.82, 2.24) is 4.98 Å². The molecular weight excluding hydrogens is 302 g/mol. The van der Waals surface area contributed by atoms with E-state index in [-0.39, 0.29) is 18.2 Å². The highest BCUT2D eigenvalue weighted by Gasteiger charge is 2.73. The maximum absolute atomic E-state index is 13.1. The number of Topliss-reactive ketones (excluding diaryl/α,β-unsaturated/α-hetero) is 1. The molecule has 0 amide bonds. The summed E-state index contributed by atoms with van der Waals surface area (Å²) in [5.74, 6) is 0.364. The zero-order chi connectivity index (χ0) is 17.2. The van der Waals surface area contributed by atoms with E-state index in [0.717, 1.165) is 11.8 Å². The maximum Gasteiger partial charge on any atom is 0.318 e. The highest BCUT2D eigenvalue weighted by atomic mass is 16.5. The van der Waals surface area contributed by atoms with E-state index in [0.29, 0.717) is 17.7 Å². The van der Waals surface area contributed by atoms with Gasteiger partial charge in [-0.2, -0.15) is 0 Å². The van der Waals surface area contributed by atoms with Crippen molar-refractivity contribution in [3.05, 3.63) is 36.5 Å². The molecule has 0 radical (unpaired) electrons. The fourth-order valence-corrected chi connectivity index (χ4v) is 4.67. The number of fused-ring (bicyclic) bond motifs is 3. The Morgan fingerprint density at radius 1 is 1.12 bits per heavy atom. The normalized spacial score (nSPS) is 30.7. The predicted octanol–water partition coefficient (Wildman–Crippen LogP) is 3.93. The molecule has 2 aliphatic carbocycles. The van der Waals surface area contributed by atoms with Crippen LogP contribution >= 0.6 is 0 Å². The molecule has 2 bridgehead atoms. The van der Waals surface area contributed by atoms with Gasteiger partial charge >= 0.3 is 5.97 Å². The third-order valence-electron chi connectivity index (χ3n) is 6.89. The molecule has 1 aromatic heterocycles. The zero-order valence-electron chi connectivity index (χ0n) is 14.3. The molecule has 1 heterocycles. The molecule has 124 valence electrons. The summed E-state index contributed by atoms with van der Waals surface area (Å²) in [5.41, 5.74) is -0.877. The van der Waals surface area contributed by atoms with Gasteiger partial charge in [-0.3, -0.25) is 14.6 Å². The fourth-order valence-electron chi connectivity index (χ4n) is 4.67. The SMILES string of the molecule is CC1(C)[C@]2(C(=O)Oc3cccc4cccnc34)CC[C@@]1(C)C(=O)C2. The Morgan fingerprint density at radius 3 is 2.54 bits per heavy atom. The summed E-state index contributed by atoms with van der Waals surface area (Å²) in [6.45, 7) is 6.07. The topological polar surface area (TPSA) is 56.3 Å². The Balaban J connectivity index is 1.74. The summed E-state index contributed by atoms with van der Waals surface area (Å²) in [7, 11) is 0. The van der Waals surface area contributed by atoms with Crippen LogP contribution < -0.4 is 4.74 Å². The number of para-hydroxylation sites is 1. The number of hydrogen-bond donors (Lipinski definition) is 0. The van der Waals surface area contributed by atoms with E-state index in [1.807, 2.05) is 45.0 Å². The maximum atomic E-state index is 13.1. The molecule has 2 saturated carbocycles. The number of hydrogen-bond acceptors (Lipinski definition) is 4. The number of carbonyl (C=O) groups excluding carboxylic acids is 2. The Hall–Kier alpha value is -2.23. The van der Waals surface area contributed by atoms with Crippen molar-refractivity contribution in [2.45, 2.75) is 40.0 Å². The van der Waals surface area contributed by atoms with Crippen LogP contribution in [0.25, 0.3) is 10.9 Å². The number of nitrogens with zero attached hydrogens (tertiary/aromatic N) is 1. The Labute approximate surface area is 141 Å². The van der Waals surface area contributed by atoms with Crippen LogP contribution in [-0.4, -0.2) is 16.7 Å². The van der Waals surface area contributed by atoms with Gasteiger partial charge in [0.05, 0.1) is 5.41 Å². The standard InChI is InChI=1S/C20H21NO3/c1-18(2)19(3)9-10-20(18,12-15(19)22)17(23)24-14-8-4-6-13-7-5-11-21-16(13)14/h4-8,11H,9-10,12H2,1-3H3/t19-,20+/m0/s1. The summed E-state index contributed by atoms with van der Waals surface area (Å²) in [4.78, 5) is 30.0. The van der Waals surface area contributed by atoms with Gasteiger partial charge < -0.3 is 4.74 Å². The van der Waals surface area contributed by atoms with Gasteiger partial charge in [0.2, 0.25) is 0 Å². The first-order chi connectivity index (χ1) is 11.3. The lowest BCUT2D eigenvalue weighted by Crippen LogP contribution is -2.42. The number of ketones is 1. The molecule has 4 rings (SSSR count). The first kappa shape index (κ1) is 15.3. The van der Waals surface area contributed by atoms with Gasteiger partial charge in [-0.1, -0.05) is 39.0 Å². The van der Waals surface area contributed by atoms with Crippen molar-refractivity contribution in [2.75, 3.05) is 0 Å². The summed E-state index contributed by atoms with van der Waals surface area (Å²) >= 11 is 0. The van der Waals surface area contributed by atoms with Crippen LogP contribution in [0.5, 0.6) is 5.75 Å². The molecular formula is C20H21NO3. The first-order valence-corrected chi connectivity index (χ1v) is 8.41. The van der Waals surface area contributed by atoms with Crippen LogP contribution in [0.1, 0.15) is 40.0 Å². The second-order valence-electron chi connectivity index (χ2n) is 7.86. The minimum atomic E-state index is -0.726. The first-order valence-electron chi connectivity index (χ1n) is 8.41. The fraction of sp³-hybridized carbons (Fsp3) is 0.450. The summed E-state index contributed by atoms with van der Waals surface area (Å²) < 4.78 is 5.81. The predicted molar refractivity (Wildman–Crippen MR) is 90.6 cm³/mol. The van der Waals surface area contributed by atoms with Crippen LogP contribution in [0.4, 0.5) is 0 Å². The lowest BCUT2D eigenvalue weighted by Gasteiger charge is -2.37. The van der Waals surface area contributed by atoms with E-state index in [1.54, 1.807) is 12.3 Å². The zero-order valence-corrected chi connectivity index (χ0v) is 14.3. The number of aromatic nitrogens is 1. The molecule has 0 spiro atoms. The summed E-state index contributed by atoms with van der Waals surface area (Å²) in [6, 6.07) is 9.35. The lowest BCUT2D eigenvalue weighted by atomic mass is 9.65. The van der Waals surface area contributed by atoms with Gasteiger partial charge in [-0.25, -0.2) is 0 Å². The van der Waals surface area contributed by atoms with Crippen molar-refractivity contribution in [2.24, 2.45) is 16.2 Å². The van der Waals surface area contributed by atoms with Crippen LogP contribution in [0.3, 0.4) is 0 Å². The van der Waals surface area contributed by atoms with Gasteiger partial charge in [0.15, 0.2) is 5.75 Å². The molecule has 0 aliphatic heterocycles. The number of esters is 1. The molecule has 4 heteroatoms. The molecule has 2 aromatic rings. The van der Waals surface area contributed by atoms with Crippen LogP contribution in [0.2, 0.25) is 0 Å². The van der Waals surface area contributed by atoms with Gasteiger partial charge in [0.25, 0.3) is 0 Å². The van der Waals surface area contributed by atoms with E-state index < -0.39 is 16.2 Å². The molecule has 0 N–H and O–H groups in total. The third kappa shape index (κ3) is 1.66. The molecule has 24 heavy (non-hydrogen) atoms. The van der Waals surface area contributed by atoms with Crippen molar-refractivity contribution in [3.8, 4) is 5.75 Å². The van der Waals surface area contributed by atoms with E-state index in [1.165, 1.54) is 0 Å². The Bertz CT molecular complexity index is 867. The molecule has 2 atom stereocenters. The van der Waals surface area contributed by atoms with E-state index in [9.17, 15) is 9.59 Å². The number of pyridine rings is 1. The minimum absolute atomic E-state index is 0.187. The number of benzene rings is 1. The van der Waals surface area contributed by atoms with E-state index in [4.69, 9.17) is 4.74 Å². The average molecular weight is 323 g/mol. The van der Waals surface area contributed by atoms with E-state index >= 15 is 0 Å². The highest BCUT2D eigenvalue weighted by Crippen LogP contribution is 2.70. The van der Waals surface area contributed by atoms with Crippen LogP contribution in [0.15, 0.2) is 36.5 Å². The van der Waals surface area contributed by atoms with Gasteiger partial charge in [-0.05, 0) is 30.4 Å². The monoisotopic (exact) mass is 323 g/mol. The lowest BCUT2D eigenvalue weighted by molar-refractivity contribution is -0.151. The number of rotatable bonds is 2. The average Bonchev–Trinajstić information content (AvgIpc) is 2.85. The largest absolute Gasteiger partial charge is 0.424 e. The van der Waals surface area contributed by atoms with Crippen molar-refractivity contribution >= 4 is 22.7 Å². The van der Waals surface area contributed by atoms with Crippen LogP contribution in [-0.2, 0) is 9.59 Å². The molecule has 0 unspecified atom stereocenters. The number of carbonyl (C=O) groups is 2. The molecule has 2 fully saturated rings. The second-order valence-corrected chi connectivity index (χ2v) is 7.86. The van der Waals surface area contributed by atoms with Gasteiger partial charge in [-0.15, -0.1) is 0 Å². The quantitative estimate of drug-likeness (QED) is 0.621. The molecule has 2 aliphatic rings. The van der Waals surface area contributed by atoms with E-state index in [2.05, 4.69) is 4.98 Å². The van der Waals surface area contributed by atoms with Crippen molar-refractivity contribution in [1.29, 1.82) is 0 Å². The molecule has 4 nitrogen and oxygen atoms in total. The third-order valence-corrected chi connectivity index (χ3v) is 6.89. The summed E-state index contributed by atoms with van der Waals surface area (Å²) in [6.07, 6.45) is 3.43. The van der Waals surface area contributed by atoms with Crippen LogP contribution in [0, 0.1) is 16.2 Å². The smallest absolute Gasteiger partial charge is 0.318 e. The second kappa shape index (κ2) is 4.65. The summed E-state index contributed by atoms with van der Waals surface area (Å²) in [5, 5.41) is 0.929. The van der Waals surface area contributed by atoms with Gasteiger partial charge in [0.1, 0.15) is 11.3 Å². The molecule has 0 saturated heterocycles. The molecule has 1 aromatic carbocycles. The van der Waals surface area contributed by atoms with Crippen molar-refractivity contribution < 1.29 is 14.3 Å². The highest BCUT2D eigenvalue weighted by molar-refractivity contribution is 5.99. The minimum Gasteiger partial charge on any atom is -0.424 e. The van der Waals surface area contributed by atoms with Gasteiger partial charge in [0, 0.05) is 23.4 Å². The van der Waals surface area contributed by atoms with Crippen molar-refractivity contribution in [3.63, 3.8) is 0 Å². The Kier molecular flexibility index (Phi) is 2.97. The number of ether oxygens (including phenoxy) is 1. The Morgan fingerprint density at radius 2 is 1.88 bits per heavy atom.